The minimum Gasteiger partial charge on any atom is -0.376 e. The third-order valence-corrected chi connectivity index (χ3v) is 4.53. The van der Waals surface area contributed by atoms with Crippen LogP contribution >= 0.6 is 0 Å². The summed E-state index contributed by atoms with van der Waals surface area (Å²) in [6.45, 7) is 9.94. The van der Waals surface area contributed by atoms with E-state index < -0.39 is 0 Å². The standard InChI is InChI=1S/C15H30N2O2/c1-11(2)13(7-9-16)5-6-14(18)17-15(4)8-10-19-12(15)3/h11-13H,5-10,16H2,1-4H3,(H,17,18). The summed E-state index contributed by atoms with van der Waals surface area (Å²) in [6.07, 6.45) is 3.51. The molecular formula is C15H30N2O2. The van der Waals surface area contributed by atoms with Gasteiger partial charge < -0.3 is 15.8 Å². The van der Waals surface area contributed by atoms with Gasteiger partial charge in [-0.15, -0.1) is 0 Å². The number of carbonyl (C=O) groups is 1. The maximum Gasteiger partial charge on any atom is 0.220 e. The van der Waals surface area contributed by atoms with E-state index in [0.717, 1.165) is 25.9 Å². The fourth-order valence-corrected chi connectivity index (χ4v) is 2.72. The lowest BCUT2D eigenvalue weighted by Gasteiger charge is -2.29. The van der Waals surface area contributed by atoms with Crippen LogP contribution < -0.4 is 11.1 Å². The summed E-state index contributed by atoms with van der Waals surface area (Å²) in [5, 5.41) is 3.15. The molecule has 1 aliphatic rings. The van der Waals surface area contributed by atoms with Crippen molar-refractivity contribution in [3.8, 4) is 0 Å². The lowest BCUT2D eigenvalue weighted by molar-refractivity contribution is -0.123. The van der Waals surface area contributed by atoms with Gasteiger partial charge in [-0.25, -0.2) is 0 Å². The van der Waals surface area contributed by atoms with E-state index in [0.29, 0.717) is 24.8 Å². The molecule has 1 saturated heterocycles. The molecule has 0 spiro atoms. The maximum absolute atomic E-state index is 12.1. The third-order valence-electron chi connectivity index (χ3n) is 4.53. The quantitative estimate of drug-likeness (QED) is 0.744. The Kier molecular flexibility index (Phi) is 6.27. The molecule has 112 valence electrons. The van der Waals surface area contributed by atoms with Crippen LogP contribution in [0.2, 0.25) is 0 Å². The number of nitrogens with one attached hydrogen (secondary N) is 1. The zero-order chi connectivity index (χ0) is 14.5. The van der Waals surface area contributed by atoms with Crippen molar-refractivity contribution in [3.05, 3.63) is 0 Å². The molecular weight excluding hydrogens is 240 g/mol. The van der Waals surface area contributed by atoms with Gasteiger partial charge in [0.05, 0.1) is 11.6 Å². The zero-order valence-corrected chi connectivity index (χ0v) is 12.9. The van der Waals surface area contributed by atoms with Crippen molar-refractivity contribution in [2.75, 3.05) is 13.2 Å². The van der Waals surface area contributed by atoms with Gasteiger partial charge in [0.2, 0.25) is 5.91 Å². The highest BCUT2D eigenvalue weighted by Gasteiger charge is 2.38. The van der Waals surface area contributed by atoms with E-state index >= 15 is 0 Å². The molecule has 1 aliphatic heterocycles. The van der Waals surface area contributed by atoms with E-state index in [9.17, 15) is 4.79 Å². The van der Waals surface area contributed by atoms with Crippen LogP contribution in [0.4, 0.5) is 0 Å². The Bertz CT molecular complexity index is 294. The number of amides is 1. The molecule has 0 bridgehead atoms. The normalized spacial score (nSPS) is 28.6. The molecule has 3 atom stereocenters. The highest BCUT2D eigenvalue weighted by atomic mass is 16.5. The largest absolute Gasteiger partial charge is 0.376 e. The molecule has 4 heteroatoms. The van der Waals surface area contributed by atoms with E-state index in [-0.39, 0.29) is 17.6 Å². The summed E-state index contributed by atoms with van der Waals surface area (Å²) < 4.78 is 5.54. The van der Waals surface area contributed by atoms with E-state index in [1.165, 1.54) is 0 Å². The van der Waals surface area contributed by atoms with E-state index in [1.807, 2.05) is 6.92 Å². The topological polar surface area (TPSA) is 64.4 Å². The van der Waals surface area contributed by atoms with Crippen LogP contribution in [0.15, 0.2) is 0 Å². The Morgan fingerprint density at radius 1 is 1.47 bits per heavy atom. The summed E-state index contributed by atoms with van der Waals surface area (Å²) in [6, 6.07) is 0. The lowest BCUT2D eigenvalue weighted by atomic mass is 9.88. The van der Waals surface area contributed by atoms with Crippen LogP contribution in [0.3, 0.4) is 0 Å². The first-order valence-electron chi connectivity index (χ1n) is 7.51. The molecule has 0 aromatic rings. The summed E-state index contributed by atoms with van der Waals surface area (Å²) in [5.74, 6) is 1.27. The minimum absolute atomic E-state index is 0.0985. The van der Waals surface area contributed by atoms with Crippen LogP contribution in [-0.2, 0) is 9.53 Å². The van der Waals surface area contributed by atoms with Crippen LogP contribution in [0.1, 0.15) is 53.4 Å². The third kappa shape index (κ3) is 4.77. The monoisotopic (exact) mass is 270 g/mol. The first kappa shape index (κ1) is 16.4. The Labute approximate surface area is 117 Å². The van der Waals surface area contributed by atoms with Crippen LogP contribution in [0.5, 0.6) is 0 Å². The predicted octanol–water partition coefficient (Wildman–Crippen LogP) is 2.07. The first-order valence-corrected chi connectivity index (χ1v) is 7.51. The second-order valence-corrected chi connectivity index (χ2v) is 6.35. The fraction of sp³-hybridized carbons (Fsp3) is 0.933. The lowest BCUT2D eigenvalue weighted by Crippen LogP contribution is -2.50. The van der Waals surface area contributed by atoms with Crippen molar-refractivity contribution >= 4 is 5.91 Å². The SMILES string of the molecule is CC(C)C(CCN)CCC(=O)NC1(C)CCOC1C. The second kappa shape index (κ2) is 7.25. The fourth-order valence-electron chi connectivity index (χ4n) is 2.72. The average Bonchev–Trinajstić information content (AvgIpc) is 2.64. The molecule has 1 rings (SSSR count). The van der Waals surface area contributed by atoms with Gasteiger partial charge in [0.25, 0.3) is 0 Å². The molecule has 0 saturated carbocycles. The van der Waals surface area contributed by atoms with Crippen molar-refractivity contribution in [3.63, 3.8) is 0 Å². The summed E-state index contributed by atoms with van der Waals surface area (Å²) >= 11 is 0. The molecule has 0 aliphatic carbocycles. The Morgan fingerprint density at radius 3 is 2.63 bits per heavy atom. The summed E-state index contributed by atoms with van der Waals surface area (Å²) in [5.41, 5.74) is 5.43. The summed E-state index contributed by atoms with van der Waals surface area (Å²) in [7, 11) is 0. The van der Waals surface area contributed by atoms with Crippen molar-refractivity contribution in [1.29, 1.82) is 0 Å². The van der Waals surface area contributed by atoms with Crippen molar-refractivity contribution in [2.24, 2.45) is 17.6 Å². The van der Waals surface area contributed by atoms with Gasteiger partial charge in [0, 0.05) is 13.0 Å². The first-order chi connectivity index (χ1) is 8.89. The smallest absolute Gasteiger partial charge is 0.220 e. The Morgan fingerprint density at radius 2 is 2.16 bits per heavy atom. The minimum atomic E-state index is -0.196. The van der Waals surface area contributed by atoms with Gasteiger partial charge in [-0.3, -0.25) is 4.79 Å². The van der Waals surface area contributed by atoms with Crippen LogP contribution in [-0.4, -0.2) is 30.7 Å². The van der Waals surface area contributed by atoms with Crippen LogP contribution in [0.25, 0.3) is 0 Å². The number of carbonyl (C=O) groups excluding carboxylic acids is 1. The average molecular weight is 270 g/mol. The van der Waals surface area contributed by atoms with E-state index in [2.05, 4.69) is 26.1 Å². The molecule has 1 heterocycles. The molecule has 0 aromatic carbocycles. The van der Waals surface area contributed by atoms with Gasteiger partial charge in [-0.1, -0.05) is 13.8 Å². The summed E-state index contributed by atoms with van der Waals surface area (Å²) in [4.78, 5) is 12.1. The number of hydrogen-bond acceptors (Lipinski definition) is 3. The molecule has 19 heavy (non-hydrogen) atoms. The molecule has 0 radical (unpaired) electrons. The molecule has 1 fully saturated rings. The van der Waals surface area contributed by atoms with Crippen molar-refractivity contribution in [1.82, 2.24) is 5.32 Å². The molecule has 3 unspecified atom stereocenters. The molecule has 0 aromatic heterocycles. The molecule has 4 nitrogen and oxygen atoms in total. The van der Waals surface area contributed by atoms with Gasteiger partial charge >= 0.3 is 0 Å². The number of ether oxygens (including phenoxy) is 1. The van der Waals surface area contributed by atoms with E-state index in [1.54, 1.807) is 0 Å². The second-order valence-electron chi connectivity index (χ2n) is 6.35. The Hall–Kier alpha value is -0.610. The van der Waals surface area contributed by atoms with Gasteiger partial charge in [-0.05, 0) is 51.5 Å². The number of rotatable bonds is 7. The van der Waals surface area contributed by atoms with Gasteiger partial charge in [0.15, 0.2) is 0 Å². The zero-order valence-electron chi connectivity index (χ0n) is 12.9. The van der Waals surface area contributed by atoms with Crippen molar-refractivity contribution in [2.45, 2.75) is 65.0 Å². The van der Waals surface area contributed by atoms with Gasteiger partial charge in [-0.2, -0.15) is 0 Å². The number of hydrogen-bond donors (Lipinski definition) is 2. The Balaban J connectivity index is 2.38. The van der Waals surface area contributed by atoms with Gasteiger partial charge in [0.1, 0.15) is 0 Å². The highest BCUT2D eigenvalue weighted by Crippen LogP contribution is 2.26. The highest BCUT2D eigenvalue weighted by molar-refractivity contribution is 5.76. The predicted molar refractivity (Wildman–Crippen MR) is 77.8 cm³/mol. The maximum atomic E-state index is 12.1. The molecule has 3 N–H and O–H groups in total. The number of nitrogens with two attached hydrogens (primary N) is 1. The van der Waals surface area contributed by atoms with E-state index in [4.69, 9.17) is 10.5 Å². The van der Waals surface area contributed by atoms with Crippen molar-refractivity contribution < 1.29 is 9.53 Å². The molecule has 1 amide bonds. The van der Waals surface area contributed by atoms with Crippen LogP contribution in [0, 0.1) is 11.8 Å².